The summed E-state index contributed by atoms with van der Waals surface area (Å²) in [6.07, 6.45) is 7.79. The highest BCUT2D eigenvalue weighted by Gasteiger charge is 2.21. The Kier molecular flexibility index (Phi) is 2.48. The molecule has 0 unspecified atom stereocenters. The van der Waals surface area contributed by atoms with Gasteiger partial charge in [0.05, 0.1) is 5.56 Å². The molecule has 3 heteroatoms. The molecule has 2 rings (SSSR count). The zero-order chi connectivity index (χ0) is 9.97. The van der Waals surface area contributed by atoms with Crippen molar-refractivity contribution in [2.24, 2.45) is 0 Å². The Morgan fingerprint density at radius 2 is 2.14 bits per heavy atom. The van der Waals surface area contributed by atoms with E-state index in [1.54, 1.807) is 6.20 Å². The van der Waals surface area contributed by atoms with Crippen LogP contribution in [0.2, 0.25) is 0 Å². The fourth-order valence-electron chi connectivity index (χ4n) is 2.18. The molecule has 0 atom stereocenters. The van der Waals surface area contributed by atoms with Gasteiger partial charge in [-0.2, -0.15) is 0 Å². The molecule has 1 aliphatic carbocycles. The molecule has 1 heterocycles. The molecule has 1 N–H and O–H groups in total. The van der Waals surface area contributed by atoms with Crippen molar-refractivity contribution >= 4 is 5.97 Å². The molecule has 1 aromatic heterocycles. The van der Waals surface area contributed by atoms with Gasteiger partial charge in [-0.25, -0.2) is 4.79 Å². The summed E-state index contributed by atoms with van der Waals surface area (Å²) in [5, 5.41) is 8.99. The smallest absolute Gasteiger partial charge is 0.337 e. The SMILES string of the molecule is O=C(O)c1cnccc1C1CCCC1. The van der Waals surface area contributed by atoms with Crippen LogP contribution < -0.4 is 0 Å². The van der Waals surface area contributed by atoms with Gasteiger partial charge in [-0.05, 0) is 30.4 Å². The summed E-state index contributed by atoms with van der Waals surface area (Å²) in [7, 11) is 0. The molecule has 14 heavy (non-hydrogen) atoms. The minimum atomic E-state index is -0.861. The van der Waals surface area contributed by atoms with Gasteiger partial charge < -0.3 is 5.11 Å². The van der Waals surface area contributed by atoms with Gasteiger partial charge >= 0.3 is 5.97 Å². The molecule has 0 bridgehead atoms. The minimum absolute atomic E-state index is 0.374. The van der Waals surface area contributed by atoms with Crippen molar-refractivity contribution in [3.63, 3.8) is 0 Å². The van der Waals surface area contributed by atoms with Crippen molar-refractivity contribution in [3.8, 4) is 0 Å². The van der Waals surface area contributed by atoms with Crippen LogP contribution in [0.25, 0.3) is 0 Å². The average Bonchev–Trinajstić information content (AvgIpc) is 2.70. The lowest BCUT2D eigenvalue weighted by molar-refractivity contribution is 0.0694. The van der Waals surface area contributed by atoms with E-state index < -0.39 is 5.97 Å². The van der Waals surface area contributed by atoms with Crippen molar-refractivity contribution in [1.29, 1.82) is 0 Å². The number of rotatable bonds is 2. The maximum atomic E-state index is 10.9. The van der Waals surface area contributed by atoms with E-state index in [0.717, 1.165) is 18.4 Å². The standard InChI is InChI=1S/C11H13NO2/c13-11(14)10-7-12-6-5-9(10)8-3-1-2-4-8/h5-8H,1-4H2,(H,13,14). The number of hydrogen-bond acceptors (Lipinski definition) is 2. The van der Waals surface area contributed by atoms with E-state index in [1.165, 1.54) is 19.0 Å². The van der Waals surface area contributed by atoms with E-state index in [9.17, 15) is 4.79 Å². The third kappa shape index (κ3) is 1.62. The number of carboxylic acids is 1. The molecule has 3 nitrogen and oxygen atoms in total. The van der Waals surface area contributed by atoms with Gasteiger partial charge in [0.15, 0.2) is 0 Å². The summed E-state index contributed by atoms with van der Waals surface area (Å²) in [6, 6.07) is 1.85. The second-order valence-electron chi connectivity index (χ2n) is 3.75. The number of carboxylic acid groups (broad SMARTS) is 1. The van der Waals surface area contributed by atoms with Gasteiger partial charge in [0.1, 0.15) is 0 Å². The highest BCUT2D eigenvalue weighted by molar-refractivity contribution is 5.89. The lowest BCUT2D eigenvalue weighted by Crippen LogP contribution is -2.05. The third-order valence-corrected chi connectivity index (χ3v) is 2.88. The van der Waals surface area contributed by atoms with Gasteiger partial charge in [0.2, 0.25) is 0 Å². The van der Waals surface area contributed by atoms with Crippen LogP contribution in [0, 0.1) is 0 Å². The second-order valence-corrected chi connectivity index (χ2v) is 3.75. The van der Waals surface area contributed by atoms with Crippen LogP contribution in [-0.2, 0) is 0 Å². The minimum Gasteiger partial charge on any atom is -0.478 e. The quantitative estimate of drug-likeness (QED) is 0.781. The molecule has 74 valence electrons. The summed E-state index contributed by atoms with van der Waals surface area (Å²) in [5.41, 5.74) is 1.34. The van der Waals surface area contributed by atoms with Gasteiger partial charge in [-0.3, -0.25) is 4.98 Å². The predicted molar refractivity (Wildman–Crippen MR) is 52.4 cm³/mol. The van der Waals surface area contributed by atoms with E-state index in [1.807, 2.05) is 6.07 Å². The first kappa shape index (κ1) is 9.19. The normalized spacial score (nSPS) is 17.1. The molecule has 0 aromatic carbocycles. The molecular formula is C11H13NO2. The molecular weight excluding hydrogens is 178 g/mol. The van der Waals surface area contributed by atoms with E-state index in [2.05, 4.69) is 4.98 Å². The van der Waals surface area contributed by atoms with Crippen molar-refractivity contribution in [2.75, 3.05) is 0 Å². The molecule has 0 saturated heterocycles. The second kappa shape index (κ2) is 3.78. The predicted octanol–water partition coefficient (Wildman–Crippen LogP) is 2.44. The summed E-state index contributed by atoms with van der Waals surface area (Å²) < 4.78 is 0. The van der Waals surface area contributed by atoms with E-state index in [0.29, 0.717) is 11.5 Å². The molecule has 0 aliphatic heterocycles. The molecule has 0 amide bonds. The maximum Gasteiger partial charge on any atom is 0.337 e. The zero-order valence-corrected chi connectivity index (χ0v) is 7.94. The van der Waals surface area contributed by atoms with Gasteiger partial charge in [0, 0.05) is 12.4 Å². The molecule has 1 fully saturated rings. The number of carbonyl (C=O) groups is 1. The maximum absolute atomic E-state index is 10.9. The number of hydrogen-bond donors (Lipinski definition) is 1. The number of aromatic carboxylic acids is 1. The van der Waals surface area contributed by atoms with Crippen LogP contribution in [0.5, 0.6) is 0 Å². The fraction of sp³-hybridized carbons (Fsp3) is 0.455. The zero-order valence-electron chi connectivity index (χ0n) is 7.94. The molecule has 1 aromatic rings. The molecule has 0 spiro atoms. The Morgan fingerprint density at radius 1 is 1.43 bits per heavy atom. The van der Waals surface area contributed by atoms with Crippen LogP contribution >= 0.6 is 0 Å². The highest BCUT2D eigenvalue weighted by Crippen LogP contribution is 2.35. The Labute approximate surface area is 82.8 Å². The Balaban J connectivity index is 2.35. The Bertz CT molecular complexity index is 343. The summed E-state index contributed by atoms with van der Waals surface area (Å²) in [6.45, 7) is 0. The van der Waals surface area contributed by atoms with E-state index in [-0.39, 0.29) is 0 Å². The van der Waals surface area contributed by atoms with Crippen LogP contribution in [0.15, 0.2) is 18.5 Å². The topological polar surface area (TPSA) is 50.2 Å². The lowest BCUT2D eigenvalue weighted by atomic mass is 9.94. The van der Waals surface area contributed by atoms with Crippen LogP contribution in [-0.4, -0.2) is 16.1 Å². The average molecular weight is 191 g/mol. The first-order chi connectivity index (χ1) is 6.79. The largest absolute Gasteiger partial charge is 0.478 e. The first-order valence-electron chi connectivity index (χ1n) is 4.96. The Hall–Kier alpha value is -1.38. The van der Waals surface area contributed by atoms with Crippen LogP contribution in [0.1, 0.15) is 47.5 Å². The first-order valence-corrected chi connectivity index (χ1v) is 4.96. The number of nitrogens with zero attached hydrogens (tertiary/aromatic N) is 1. The van der Waals surface area contributed by atoms with Gasteiger partial charge in [-0.15, -0.1) is 0 Å². The van der Waals surface area contributed by atoms with E-state index >= 15 is 0 Å². The summed E-state index contributed by atoms with van der Waals surface area (Å²) >= 11 is 0. The monoisotopic (exact) mass is 191 g/mol. The molecule has 0 radical (unpaired) electrons. The van der Waals surface area contributed by atoms with Crippen molar-refractivity contribution in [1.82, 2.24) is 4.98 Å². The highest BCUT2D eigenvalue weighted by atomic mass is 16.4. The van der Waals surface area contributed by atoms with Gasteiger partial charge in [-0.1, -0.05) is 12.8 Å². The Morgan fingerprint density at radius 3 is 2.79 bits per heavy atom. The third-order valence-electron chi connectivity index (χ3n) is 2.88. The van der Waals surface area contributed by atoms with Crippen LogP contribution in [0.3, 0.4) is 0 Å². The number of aromatic nitrogens is 1. The fourth-order valence-corrected chi connectivity index (χ4v) is 2.18. The summed E-state index contributed by atoms with van der Waals surface area (Å²) in [5.74, 6) is -0.427. The number of pyridine rings is 1. The van der Waals surface area contributed by atoms with Crippen molar-refractivity contribution in [2.45, 2.75) is 31.6 Å². The lowest BCUT2D eigenvalue weighted by Gasteiger charge is -2.11. The molecule has 1 aliphatic rings. The van der Waals surface area contributed by atoms with Crippen LogP contribution in [0.4, 0.5) is 0 Å². The molecule has 1 saturated carbocycles. The van der Waals surface area contributed by atoms with Crippen molar-refractivity contribution < 1.29 is 9.90 Å². The van der Waals surface area contributed by atoms with Crippen molar-refractivity contribution in [3.05, 3.63) is 29.6 Å². The van der Waals surface area contributed by atoms with Gasteiger partial charge in [0.25, 0.3) is 0 Å². The summed E-state index contributed by atoms with van der Waals surface area (Å²) in [4.78, 5) is 14.8. The van der Waals surface area contributed by atoms with E-state index in [4.69, 9.17) is 5.11 Å².